The molecule has 2 N–H and O–H groups in total. The molecule has 90 valence electrons. The minimum atomic E-state index is -0.496. The molecule has 1 aromatic rings. The molecule has 2 amide bonds. The summed E-state index contributed by atoms with van der Waals surface area (Å²) < 4.78 is 12.8. The molecular weight excluding hydrogens is 247 g/mol. The Labute approximate surface area is 102 Å². The lowest BCUT2D eigenvalue weighted by atomic mass is 10.2. The highest BCUT2D eigenvalue weighted by Gasteiger charge is 2.24. The third-order valence-electron chi connectivity index (χ3n) is 2.49. The number of amides is 2. The fraction of sp³-hybridized carbons (Fsp3) is 0.273. The van der Waals surface area contributed by atoms with Gasteiger partial charge in [0.15, 0.2) is 0 Å². The summed E-state index contributed by atoms with van der Waals surface area (Å²) in [5.41, 5.74) is 0.201. The smallest absolute Gasteiger partial charge is 0.253 e. The monoisotopic (exact) mass is 256 g/mol. The molecule has 1 atom stereocenters. The summed E-state index contributed by atoms with van der Waals surface area (Å²) in [5, 5.41) is 5.32. The van der Waals surface area contributed by atoms with Gasteiger partial charge in [0.2, 0.25) is 5.91 Å². The van der Waals surface area contributed by atoms with Crippen LogP contribution in [0.5, 0.6) is 0 Å². The third-order valence-corrected chi connectivity index (χ3v) is 2.80. The molecule has 0 radical (unpaired) electrons. The number of carbonyl (C=O) groups excluding carboxylic acids is 2. The number of halogens is 2. The maximum Gasteiger partial charge on any atom is 0.253 e. The molecule has 0 spiro atoms. The fourth-order valence-corrected chi connectivity index (χ4v) is 1.90. The maximum absolute atomic E-state index is 12.8. The summed E-state index contributed by atoms with van der Waals surface area (Å²) in [7, 11) is 0. The van der Waals surface area contributed by atoms with Gasteiger partial charge in [0.05, 0.1) is 16.6 Å². The summed E-state index contributed by atoms with van der Waals surface area (Å²) >= 11 is 5.76. The van der Waals surface area contributed by atoms with Crippen LogP contribution in [0.1, 0.15) is 16.8 Å². The van der Waals surface area contributed by atoms with Crippen molar-refractivity contribution in [2.75, 3.05) is 6.54 Å². The van der Waals surface area contributed by atoms with Crippen LogP contribution in [0, 0.1) is 5.82 Å². The van der Waals surface area contributed by atoms with Crippen molar-refractivity contribution in [2.45, 2.75) is 12.5 Å². The van der Waals surface area contributed by atoms with E-state index in [2.05, 4.69) is 10.6 Å². The first kappa shape index (κ1) is 11.9. The molecule has 1 aliphatic rings. The lowest BCUT2D eigenvalue weighted by Crippen LogP contribution is -2.36. The molecule has 17 heavy (non-hydrogen) atoms. The Hall–Kier alpha value is -1.62. The molecule has 0 aromatic heterocycles. The normalized spacial score (nSPS) is 18.9. The topological polar surface area (TPSA) is 58.2 Å². The third kappa shape index (κ3) is 2.74. The molecule has 1 unspecified atom stereocenters. The summed E-state index contributed by atoms with van der Waals surface area (Å²) in [5.74, 6) is -0.999. The number of hydrogen-bond donors (Lipinski definition) is 2. The minimum absolute atomic E-state index is 0.0554. The zero-order chi connectivity index (χ0) is 12.4. The second-order valence-corrected chi connectivity index (χ2v) is 4.21. The molecular formula is C11H10ClFN2O2. The van der Waals surface area contributed by atoms with Gasteiger partial charge in [-0.25, -0.2) is 4.39 Å². The minimum Gasteiger partial charge on any atom is -0.354 e. The lowest BCUT2D eigenvalue weighted by molar-refractivity contribution is -0.119. The lowest BCUT2D eigenvalue weighted by Gasteiger charge is -2.11. The van der Waals surface area contributed by atoms with Gasteiger partial charge in [-0.1, -0.05) is 11.6 Å². The highest BCUT2D eigenvalue weighted by Crippen LogP contribution is 2.17. The molecule has 0 saturated carbocycles. The van der Waals surface area contributed by atoms with Crippen molar-refractivity contribution >= 4 is 23.4 Å². The Balaban J connectivity index is 2.07. The first-order valence-electron chi connectivity index (χ1n) is 5.09. The van der Waals surface area contributed by atoms with Crippen molar-refractivity contribution in [1.82, 2.24) is 10.6 Å². The van der Waals surface area contributed by atoms with Gasteiger partial charge in [-0.2, -0.15) is 0 Å². The molecule has 1 saturated heterocycles. The molecule has 1 fully saturated rings. The Bertz CT molecular complexity index is 479. The molecule has 0 bridgehead atoms. The van der Waals surface area contributed by atoms with Crippen LogP contribution < -0.4 is 10.6 Å². The van der Waals surface area contributed by atoms with Crippen LogP contribution in [0.3, 0.4) is 0 Å². The van der Waals surface area contributed by atoms with Crippen LogP contribution in [0.15, 0.2) is 18.2 Å². The quantitative estimate of drug-likeness (QED) is 0.832. The van der Waals surface area contributed by atoms with Crippen LogP contribution >= 0.6 is 11.6 Å². The zero-order valence-corrected chi connectivity index (χ0v) is 9.55. The van der Waals surface area contributed by atoms with Crippen LogP contribution in [-0.2, 0) is 4.79 Å². The van der Waals surface area contributed by atoms with Crippen molar-refractivity contribution < 1.29 is 14.0 Å². The van der Waals surface area contributed by atoms with Crippen LogP contribution in [0.25, 0.3) is 0 Å². The van der Waals surface area contributed by atoms with E-state index >= 15 is 0 Å². The summed E-state index contributed by atoms with van der Waals surface area (Å²) in [6.07, 6.45) is 0.255. The first-order chi connectivity index (χ1) is 8.06. The van der Waals surface area contributed by atoms with E-state index in [1.165, 1.54) is 12.1 Å². The van der Waals surface area contributed by atoms with Gasteiger partial charge in [-0.15, -0.1) is 0 Å². The predicted octanol–water partition coefficient (Wildman–Crippen LogP) is 1.10. The van der Waals surface area contributed by atoms with Crippen molar-refractivity contribution in [3.8, 4) is 0 Å². The standard InChI is InChI=1S/C11H10ClFN2O2/c12-9-3-6(13)1-2-8(9)11(17)15-7-4-10(16)14-5-7/h1-3,7H,4-5H2,(H,14,16)(H,15,17). The van der Waals surface area contributed by atoms with E-state index < -0.39 is 11.7 Å². The maximum atomic E-state index is 12.8. The number of benzene rings is 1. The Morgan fingerprint density at radius 1 is 1.53 bits per heavy atom. The second kappa shape index (κ2) is 4.71. The molecule has 1 aromatic carbocycles. The predicted molar refractivity (Wildman–Crippen MR) is 60.3 cm³/mol. The summed E-state index contributed by atoms with van der Waals surface area (Å²) in [6.45, 7) is 0.406. The van der Waals surface area contributed by atoms with Gasteiger partial charge in [0, 0.05) is 13.0 Å². The van der Waals surface area contributed by atoms with E-state index in [0.717, 1.165) is 6.07 Å². The number of rotatable bonds is 2. The van der Waals surface area contributed by atoms with Crippen LogP contribution in [0.2, 0.25) is 5.02 Å². The molecule has 2 rings (SSSR count). The number of nitrogens with one attached hydrogen (secondary N) is 2. The first-order valence-corrected chi connectivity index (χ1v) is 5.46. The fourth-order valence-electron chi connectivity index (χ4n) is 1.64. The second-order valence-electron chi connectivity index (χ2n) is 3.80. The molecule has 6 heteroatoms. The zero-order valence-electron chi connectivity index (χ0n) is 8.80. The average molecular weight is 257 g/mol. The molecule has 1 heterocycles. The Morgan fingerprint density at radius 2 is 2.29 bits per heavy atom. The molecule has 4 nitrogen and oxygen atoms in total. The van der Waals surface area contributed by atoms with E-state index in [9.17, 15) is 14.0 Å². The Morgan fingerprint density at radius 3 is 2.88 bits per heavy atom. The van der Waals surface area contributed by atoms with E-state index in [4.69, 9.17) is 11.6 Å². The summed E-state index contributed by atoms with van der Waals surface area (Å²) in [6, 6.07) is 3.32. The highest BCUT2D eigenvalue weighted by atomic mass is 35.5. The number of hydrogen-bond acceptors (Lipinski definition) is 2. The van der Waals surface area contributed by atoms with E-state index in [-0.39, 0.29) is 29.0 Å². The van der Waals surface area contributed by atoms with Gasteiger partial charge >= 0.3 is 0 Å². The van der Waals surface area contributed by atoms with Crippen molar-refractivity contribution in [3.63, 3.8) is 0 Å². The van der Waals surface area contributed by atoms with Gasteiger partial charge in [-0.3, -0.25) is 9.59 Å². The van der Waals surface area contributed by atoms with Gasteiger partial charge in [0.25, 0.3) is 5.91 Å². The van der Waals surface area contributed by atoms with E-state index in [1.54, 1.807) is 0 Å². The Kier molecular flexibility index (Phi) is 3.28. The van der Waals surface area contributed by atoms with Crippen LogP contribution in [0.4, 0.5) is 4.39 Å². The van der Waals surface area contributed by atoms with Gasteiger partial charge < -0.3 is 10.6 Å². The average Bonchev–Trinajstić information content (AvgIpc) is 2.63. The van der Waals surface area contributed by atoms with E-state index in [1.807, 2.05) is 0 Å². The van der Waals surface area contributed by atoms with Crippen molar-refractivity contribution in [2.24, 2.45) is 0 Å². The highest BCUT2D eigenvalue weighted by molar-refractivity contribution is 6.33. The molecule has 0 aliphatic carbocycles. The van der Waals surface area contributed by atoms with Crippen molar-refractivity contribution in [1.29, 1.82) is 0 Å². The van der Waals surface area contributed by atoms with Gasteiger partial charge in [0.1, 0.15) is 5.82 Å². The number of carbonyl (C=O) groups is 2. The van der Waals surface area contributed by atoms with Gasteiger partial charge in [-0.05, 0) is 18.2 Å². The largest absolute Gasteiger partial charge is 0.354 e. The van der Waals surface area contributed by atoms with Crippen LogP contribution in [-0.4, -0.2) is 24.4 Å². The van der Waals surface area contributed by atoms with Crippen molar-refractivity contribution in [3.05, 3.63) is 34.6 Å². The SMILES string of the molecule is O=C1CC(NC(=O)c2ccc(F)cc2Cl)CN1. The van der Waals surface area contributed by atoms with E-state index in [0.29, 0.717) is 6.54 Å². The molecule has 1 aliphatic heterocycles. The summed E-state index contributed by atoms with van der Waals surface area (Å²) in [4.78, 5) is 22.7.